The van der Waals surface area contributed by atoms with Gasteiger partial charge in [-0.2, -0.15) is 0 Å². The van der Waals surface area contributed by atoms with Crippen molar-refractivity contribution in [3.63, 3.8) is 0 Å². The fourth-order valence-corrected chi connectivity index (χ4v) is 1.35. The molecule has 2 heterocycles. The van der Waals surface area contributed by atoms with Gasteiger partial charge in [0.15, 0.2) is 0 Å². The summed E-state index contributed by atoms with van der Waals surface area (Å²) >= 11 is 0. The van der Waals surface area contributed by atoms with Crippen LogP contribution in [0.4, 0.5) is 0 Å². The summed E-state index contributed by atoms with van der Waals surface area (Å²) in [5, 5.41) is 3.24. The van der Waals surface area contributed by atoms with Gasteiger partial charge in [-0.3, -0.25) is 0 Å². The van der Waals surface area contributed by atoms with E-state index in [-0.39, 0.29) is 0 Å². The minimum atomic E-state index is 0.473. The van der Waals surface area contributed by atoms with E-state index < -0.39 is 0 Å². The zero-order valence-electron chi connectivity index (χ0n) is 7.72. The van der Waals surface area contributed by atoms with E-state index in [4.69, 9.17) is 10.5 Å². The zero-order chi connectivity index (χ0) is 8.65. The molecule has 0 aromatic rings. The zero-order valence-corrected chi connectivity index (χ0v) is 7.72. The van der Waals surface area contributed by atoms with Crippen LogP contribution in [0.15, 0.2) is 0 Å². The molecule has 2 rings (SSSR count). The maximum absolute atomic E-state index is 5.59. The lowest BCUT2D eigenvalue weighted by Crippen LogP contribution is -2.35. The molecule has 0 radical (unpaired) electrons. The van der Waals surface area contributed by atoms with Crippen molar-refractivity contribution in [1.29, 1.82) is 0 Å². The monoisotopic (exact) mass is 172 g/mol. The Morgan fingerprint density at radius 2 is 1.67 bits per heavy atom. The van der Waals surface area contributed by atoms with Crippen LogP contribution < -0.4 is 11.1 Å². The summed E-state index contributed by atoms with van der Waals surface area (Å²) in [4.78, 5) is 0. The molecule has 3 heteroatoms. The number of ether oxygens (including phenoxy) is 1. The van der Waals surface area contributed by atoms with Gasteiger partial charge in [0.05, 0.1) is 0 Å². The predicted molar refractivity (Wildman–Crippen MR) is 50.1 cm³/mol. The van der Waals surface area contributed by atoms with Gasteiger partial charge in [-0.1, -0.05) is 0 Å². The molecule has 2 saturated heterocycles. The largest absolute Gasteiger partial charge is 0.381 e. The van der Waals surface area contributed by atoms with E-state index in [0.717, 1.165) is 39.1 Å². The molecule has 0 unspecified atom stereocenters. The van der Waals surface area contributed by atoms with Gasteiger partial charge in [0.1, 0.15) is 0 Å². The summed E-state index contributed by atoms with van der Waals surface area (Å²) in [7, 11) is 0. The first-order valence-electron chi connectivity index (χ1n) is 4.93. The van der Waals surface area contributed by atoms with Crippen LogP contribution in [-0.2, 0) is 4.74 Å². The van der Waals surface area contributed by atoms with Crippen molar-refractivity contribution in [2.75, 3.05) is 26.3 Å². The van der Waals surface area contributed by atoms with Crippen molar-refractivity contribution in [2.45, 2.75) is 31.7 Å². The highest BCUT2D eigenvalue weighted by Crippen LogP contribution is 1.98. The number of hydrogen-bond acceptors (Lipinski definition) is 3. The number of nitrogens with two attached hydrogens (primary N) is 1. The third-order valence-corrected chi connectivity index (χ3v) is 2.21. The molecule has 0 atom stereocenters. The highest BCUT2D eigenvalue weighted by Gasteiger charge is 2.05. The average Bonchev–Trinajstić information content (AvgIpc) is 2.62. The highest BCUT2D eigenvalue weighted by molar-refractivity contribution is 4.69. The minimum absolute atomic E-state index is 0.473. The summed E-state index contributed by atoms with van der Waals surface area (Å²) in [6.45, 7) is 4.22. The van der Waals surface area contributed by atoms with Crippen LogP contribution in [0.25, 0.3) is 0 Å². The predicted octanol–water partition coefficient (Wildman–Crippen LogP) is 0.494. The van der Waals surface area contributed by atoms with Gasteiger partial charge < -0.3 is 15.8 Å². The van der Waals surface area contributed by atoms with E-state index in [2.05, 4.69) is 5.32 Å². The molecule has 2 aliphatic rings. The fourth-order valence-electron chi connectivity index (χ4n) is 1.35. The maximum atomic E-state index is 5.59. The molecular formula is C9H20N2O. The minimum Gasteiger partial charge on any atom is -0.381 e. The summed E-state index contributed by atoms with van der Waals surface area (Å²) < 4.78 is 4.94. The third kappa shape index (κ3) is 4.70. The quantitative estimate of drug-likeness (QED) is 0.559. The fraction of sp³-hybridized carbons (Fsp3) is 1.00. The maximum Gasteiger partial charge on any atom is 0.0466 e. The van der Waals surface area contributed by atoms with Gasteiger partial charge in [0, 0.05) is 19.3 Å². The second-order valence-electron chi connectivity index (χ2n) is 3.41. The Hall–Kier alpha value is -0.120. The van der Waals surface area contributed by atoms with E-state index in [0.29, 0.717) is 6.04 Å². The van der Waals surface area contributed by atoms with Gasteiger partial charge >= 0.3 is 0 Å². The summed E-state index contributed by atoms with van der Waals surface area (Å²) in [5.41, 5.74) is 5.59. The molecule has 0 saturated carbocycles. The van der Waals surface area contributed by atoms with Crippen molar-refractivity contribution in [3.8, 4) is 0 Å². The lowest BCUT2D eigenvalue weighted by Gasteiger charge is -2.17. The number of piperidine rings is 1. The molecule has 3 nitrogen and oxygen atoms in total. The van der Waals surface area contributed by atoms with Crippen molar-refractivity contribution >= 4 is 0 Å². The summed E-state index contributed by atoms with van der Waals surface area (Å²) in [6, 6.07) is 0.473. The van der Waals surface area contributed by atoms with E-state index in [1.165, 1.54) is 12.8 Å². The smallest absolute Gasteiger partial charge is 0.0466 e. The topological polar surface area (TPSA) is 47.3 Å². The Morgan fingerprint density at radius 3 is 1.92 bits per heavy atom. The Balaban J connectivity index is 0.000000127. The molecule has 0 aromatic heterocycles. The van der Waals surface area contributed by atoms with Crippen molar-refractivity contribution in [3.05, 3.63) is 0 Å². The molecule has 0 aliphatic carbocycles. The van der Waals surface area contributed by atoms with Gasteiger partial charge in [-0.25, -0.2) is 0 Å². The van der Waals surface area contributed by atoms with E-state index in [9.17, 15) is 0 Å². The summed E-state index contributed by atoms with van der Waals surface area (Å²) in [5.74, 6) is 0. The molecule has 0 spiro atoms. The van der Waals surface area contributed by atoms with Crippen molar-refractivity contribution in [2.24, 2.45) is 5.73 Å². The number of hydrogen-bond donors (Lipinski definition) is 2. The van der Waals surface area contributed by atoms with Gasteiger partial charge in [-0.15, -0.1) is 0 Å². The lowest BCUT2D eigenvalue weighted by atomic mass is 10.1. The Bertz CT molecular complexity index is 91.1. The molecule has 0 aromatic carbocycles. The average molecular weight is 172 g/mol. The van der Waals surface area contributed by atoms with Crippen molar-refractivity contribution in [1.82, 2.24) is 5.32 Å². The Kier molecular flexibility index (Phi) is 5.32. The van der Waals surface area contributed by atoms with Crippen LogP contribution in [0.3, 0.4) is 0 Å². The molecule has 3 N–H and O–H groups in total. The first kappa shape index (κ1) is 9.96. The molecule has 12 heavy (non-hydrogen) atoms. The van der Waals surface area contributed by atoms with Crippen LogP contribution in [0.5, 0.6) is 0 Å². The second-order valence-corrected chi connectivity index (χ2v) is 3.41. The van der Waals surface area contributed by atoms with E-state index in [1.54, 1.807) is 0 Å². The Morgan fingerprint density at radius 1 is 1.08 bits per heavy atom. The first-order valence-corrected chi connectivity index (χ1v) is 4.93. The van der Waals surface area contributed by atoms with Crippen LogP contribution >= 0.6 is 0 Å². The lowest BCUT2D eigenvalue weighted by molar-refractivity contribution is 0.198. The third-order valence-electron chi connectivity index (χ3n) is 2.21. The van der Waals surface area contributed by atoms with E-state index in [1.807, 2.05) is 0 Å². The first-order chi connectivity index (χ1) is 5.89. The highest BCUT2D eigenvalue weighted by atomic mass is 16.5. The standard InChI is InChI=1S/C5H12N2.C4H8O/c6-5-1-3-7-4-2-5;1-2-4-5-3-1/h5,7H,1-4,6H2;1-4H2. The van der Waals surface area contributed by atoms with Crippen LogP contribution in [-0.4, -0.2) is 32.3 Å². The molecule has 0 amide bonds. The molecule has 2 aliphatic heterocycles. The molecular weight excluding hydrogens is 152 g/mol. The molecule has 2 fully saturated rings. The molecule has 0 bridgehead atoms. The number of nitrogens with one attached hydrogen (secondary N) is 1. The SMILES string of the molecule is C1CCOC1.NC1CCNCC1. The Labute approximate surface area is 74.7 Å². The van der Waals surface area contributed by atoms with Gasteiger partial charge in [-0.05, 0) is 38.8 Å². The second kappa shape index (κ2) is 6.40. The van der Waals surface area contributed by atoms with Gasteiger partial charge in [0.2, 0.25) is 0 Å². The van der Waals surface area contributed by atoms with Gasteiger partial charge in [0.25, 0.3) is 0 Å². The molecule has 72 valence electrons. The van der Waals surface area contributed by atoms with Crippen LogP contribution in [0.2, 0.25) is 0 Å². The van der Waals surface area contributed by atoms with Crippen molar-refractivity contribution < 1.29 is 4.74 Å². The normalized spacial score (nSPS) is 24.8. The number of rotatable bonds is 0. The van der Waals surface area contributed by atoms with E-state index >= 15 is 0 Å². The van der Waals surface area contributed by atoms with Crippen LogP contribution in [0.1, 0.15) is 25.7 Å². The summed E-state index contributed by atoms with van der Waals surface area (Å²) in [6.07, 6.45) is 4.86. The van der Waals surface area contributed by atoms with Crippen LogP contribution in [0, 0.1) is 0 Å².